The zero-order chi connectivity index (χ0) is 11.5. The highest BCUT2D eigenvalue weighted by molar-refractivity contribution is 5.69. The highest BCUT2D eigenvalue weighted by Gasteiger charge is 2.08. The topological polar surface area (TPSA) is 38.3 Å². The van der Waals surface area contributed by atoms with Crippen molar-refractivity contribution in [3.63, 3.8) is 0 Å². The fraction of sp³-hybridized carbons (Fsp3) is 0.917. The minimum atomic E-state index is -0.106. The Morgan fingerprint density at radius 2 is 2.00 bits per heavy atom. The minimum absolute atomic E-state index is 0.106. The predicted octanol–water partition coefficient (Wildman–Crippen LogP) is 2.50. The van der Waals surface area contributed by atoms with Crippen LogP contribution >= 0.6 is 0 Å². The molecule has 0 aromatic heterocycles. The van der Waals surface area contributed by atoms with E-state index in [9.17, 15) is 4.79 Å². The van der Waals surface area contributed by atoms with E-state index in [1.165, 1.54) is 25.7 Å². The SMILES string of the molecule is CCCCCCNC(C)CC(=O)OCC. The van der Waals surface area contributed by atoms with Crippen molar-refractivity contribution in [1.82, 2.24) is 5.32 Å². The second kappa shape index (κ2) is 9.97. The van der Waals surface area contributed by atoms with Gasteiger partial charge in [0.1, 0.15) is 0 Å². The Morgan fingerprint density at radius 3 is 2.60 bits per heavy atom. The molecule has 0 aliphatic rings. The second-order valence-corrected chi connectivity index (χ2v) is 3.92. The average molecular weight is 215 g/mol. The monoisotopic (exact) mass is 215 g/mol. The van der Waals surface area contributed by atoms with Crippen molar-refractivity contribution in [3.8, 4) is 0 Å². The third kappa shape index (κ3) is 9.73. The lowest BCUT2D eigenvalue weighted by Crippen LogP contribution is -2.30. The number of hydrogen-bond acceptors (Lipinski definition) is 3. The molecule has 1 unspecified atom stereocenters. The number of nitrogens with one attached hydrogen (secondary N) is 1. The minimum Gasteiger partial charge on any atom is -0.466 e. The molecule has 0 saturated heterocycles. The third-order valence-corrected chi connectivity index (χ3v) is 2.30. The van der Waals surface area contributed by atoms with Gasteiger partial charge in [-0.2, -0.15) is 0 Å². The van der Waals surface area contributed by atoms with Crippen LogP contribution in [-0.2, 0) is 9.53 Å². The van der Waals surface area contributed by atoms with E-state index in [0.29, 0.717) is 13.0 Å². The molecule has 1 N–H and O–H groups in total. The fourth-order valence-corrected chi connectivity index (χ4v) is 1.44. The molecule has 15 heavy (non-hydrogen) atoms. The van der Waals surface area contributed by atoms with Crippen LogP contribution in [-0.4, -0.2) is 25.2 Å². The largest absolute Gasteiger partial charge is 0.466 e. The summed E-state index contributed by atoms with van der Waals surface area (Å²) in [7, 11) is 0. The van der Waals surface area contributed by atoms with Gasteiger partial charge in [0.15, 0.2) is 0 Å². The van der Waals surface area contributed by atoms with Gasteiger partial charge in [-0.15, -0.1) is 0 Å². The fourth-order valence-electron chi connectivity index (χ4n) is 1.44. The summed E-state index contributed by atoms with van der Waals surface area (Å²) >= 11 is 0. The van der Waals surface area contributed by atoms with Crippen LogP contribution in [0.5, 0.6) is 0 Å². The van der Waals surface area contributed by atoms with Gasteiger partial charge in [0.25, 0.3) is 0 Å². The predicted molar refractivity (Wildman–Crippen MR) is 62.9 cm³/mol. The van der Waals surface area contributed by atoms with Crippen LogP contribution in [0.4, 0.5) is 0 Å². The van der Waals surface area contributed by atoms with E-state index >= 15 is 0 Å². The van der Waals surface area contributed by atoms with Gasteiger partial charge < -0.3 is 10.1 Å². The normalized spacial score (nSPS) is 12.5. The Hall–Kier alpha value is -0.570. The van der Waals surface area contributed by atoms with Crippen LogP contribution in [0.3, 0.4) is 0 Å². The molecule has 0 aliphatic carbocycles. The number of carbonyl (C=O) groups excluding carboxylic acids is 1. The van der Waals surface area contributed by atoms with Crippen molar-refractivity contribution in [2.45, 2.75) is 58.9 Å². The molecule has 0 aromatic rings. The van der Waals surface area contributed by atoms with Crippen molar-refractivity contribution in [1.29, 1.82) is 0 Å². The summed E-state index contributed by atoms with van der Waals surface area (Å²) in [6, 6.07) is 0.227. The number of rotatable bonds is 9. The van der Waals surface area contributed by atoms with Gasteiger partial charge in [0, 0.05) is 6.04 Å². The Kier molecular flexibility index (Phi) is 9.59. The van der Waals surface area contributed by atoms with Crippen molar-refractivity contribution in [3.05, 3.63) is 0 Å². The lowest BCUT2D eigenvalue weighted by molar-refractivity contribution is -0.143. The number of ether oxygens (including phenoxy) is 1. The van der Waals surface area contributed by atoms with Crippen LogP contribution in [0.25, 0.3) is 0 Å². The van der Waals surface area contributed by atoms with Crippen molar-refractivity contribution >= 4 is 5.97 Å². The molecule has 0 aliphatic heterocycles. The summed E-state index contributed by atoms with van der Waals surface area (Å²) < 4.78 is 4.88. The van der Waals surface area contributed by atoms with Crippen LogP contribution in [0.1, 0.15) is 52.9 Å². The third-order valence-electron chi connectivity index (χ3n) is 2.30. The molecule has 3 heteroatoms. The maximum absolute atomic E-state index is 11.1. The molecule has 0 bridgehead atoms. The van der Waals surface area contributed by atoms with Gasteiger partial charge in [-0.3, -0.25) is 4.79 Å². The summed E-state index contributed by atoms with van der Waals surface area (Å²) in [4.78, 5) is 11.1. The molecule has 1 atom stereocenters. The summed E-state index contributed by atoms with van der Waals surface area (Å²) in [5, 5.41) is 3.33. The summed E-state index contributed by atoms with van der Waals surface area (Å²) in [5.41, 5.74) is 0. The lowest BCUT2D eigenvalue weighted by atomic mass is 10.2. The van der Waals surface area contributed by atoms with E-state index in [4.69, 9.17) is 4.74 Å². The molecular weight excluding hydrogens is 190 g/mol. The molecule has 0 saturated carbocycles. The van der Waals surface area contributed by atoms with Gasteiger partial charge in [-0.05, 0) is 26.8 Å². The van der Waals surface area contributed by atoms with Crippen LogP contribution in [0, 0.1) is 0 Å². The first-order chi connectivity index (χ1) is 7.20. The summed E-state index contributed by atoms with van der Waals surface area (Å²) in [6.07, 6.45) is 5.50. The number of hydrogen-bond donors (Lipinski definition) is 1. The van der Waals surface area contributed by atoms with E-state index in [1.807, 2.05) is 13.8 Å². The van der Waals surface area contributed by atoms with Crippen molar-refractivity contribution in [2.24, 2.45) is 0 Å². The van der Waals surface area contributed by atoms with Gasteiger partial charge in [-0.25, -0.2) is 0 Å². The zero-order valence-corrected chi connectivity index (χ0v) is 10.3. The number of unbranched alkanes of at least 4 members (excludes halogenated alkanes) is 3. The zero-order valence-electron chi connectivity index (χ0n) is 10.3. The lowest BCUT2D eigenvalue weighted by Gasteiger charge is -2.12. The quantitative estimate of drug-likeness (QED) is 0.474. The maximum atomic E-state index is 11.1. The molecule has 0 heterocycles. The summed E-state index contributed by atoms with van der Waals surface area (Å²) in [6.45, 7) is 7.54. The highest BCUT2D eigenvalue weighted by Crippen LogP contribution is 1.99. The Labute approximate surface area is 93.6 Å². The molecule has 0 spiro atoms. The number of carbonyl (C=O) groups is 1. The van der Waals surface area contributed by atoms with Gasteiger partial charge in [-0.1, -0.05) is 26.2 Å². The Morgan fingerprint density at radius 1 is 1.27 bits per heavy atom. The van der Waals surface area contributed by atoms with Crippen LogP contribution in [0.2, 0.25) is 0 Å². The Balaban J connectivity index is 3.32. The first-order valence-corrected chi connectivity index (χ1v) is 6.09. The number of esters is 1. The summed E-state index contributed by atoms with van der Waals surface area (Å²) in [5.74, 6) is -0.106. The van der Waals surface area contributed by atoms with E-state index in [1.54, 1.807) is 0 Å². The molecule has 0 amide bonds. The molecular formula is C12H25NO2. The van der Waals surface area contributed by atoms with E-state index < -0.39 is 0 Å². The molecule has 0 aromatic carbocycles. The molecule has 90 valence electrons. The maximum Gasteiger partial charge on any atom is 0.307 e. The molecule has 0 rings (SSSR count). The molecule has 3 nitrogen and oxygen atoms in total. The van der Waals surface area contributed by atoms with Crippen LogP contribution < -0.4 is 5.32 Å². The average Bonchev–Trinajstić information content (AvgIpc) is 2.17. The van der Waals surface area contributed by atoms with Crippen molar-refractivity contribution in [2.75, 3.05) is 13.2 Å². The van der Waals surface area contributed by atoms with Gasteiger partial charge in [0.05, 0.1) is 13.0 Å². The van der Waals surface area contributed by atoms with Gasteiger partial charge in [0.2, 0.25) is 0 Å². The first-order valence-electron chi connectivity index (χ1n) is 6.09. The van der Waals surface area contributed by atoms with Crippen molar-refractivity contribution < 1.29 is 9.53 Å². The molecule has 0 fully saturated rings. The molecule has 0 radical (unpaired) electrons. The van der Waals surface area contributed by atoms with E-state index in [2.05, 4.69) is 12.2 Å². The highest BCUT2D eigenvalue weighted by atomic mass is 16.5. The smallest absolute Gasteiger partial charge is 0.307 e. The standard InChI is InChI=1S/C12H25NO2/c1-4-6-7-8-9-13-11(3)10-12(14)15-5-2/h11,13H,4-10H2,1-3H3. The van der Waals surface area contributed by atoms with E-state index in [-0.39, 0.29) is 12.0 Å². The second-order valence-electron chi connectivity index (χ2n) is 3.92. The Bertz CT molecular complexity index is 160. The van der Waals surface area contributed by atoms with E-state index in [0.717, 1.165) is 6.54 Å². The first kappa shape index (κ1) is 14.4. The van der Waals surface area contributed by atoms with Crippen LogP contribution in [0.15, 0.2) is 0 Å². The van der Waals surface area contributed by atoms with Gasteiger partial charge >= 0.3 is 5.97 Å².